The molecule has 0 spiro atoms. The van der Waals surface area contributed by atoms with Crippen LogP contribution in [0.3, 0.4) is 0 Å². The van der Waals surface area contributed by atoms with Gasteiger partial charge in [-0.2, -0.15) is 4.98 Å². The molecule has 0 saturated carbocycles. The molecule has 1 aromatic heterocycles. The number of aryl methyl sites for hydroxylation is 1. The zero-order valence-corrected chi connectivity index (χ0v) is 11.5. The molecule has 1 aromatic rings. The van der Waals surface area contributed by atoms with Crippen LogP contribution in [0.15, 0.2) is 4.52 Å². The van der Waals surface area contributed by atoms with Gasteiger partial charge in [0, 0.05) is 13.0 Å². The van der Waals surface area contributed by atoms with Gasteiger partial charge >= 0.3 is 0 Å². The lowest BCUT2D eigenvalue weighted by molar-refractivity contribution is -0.123. The van der Waals surface area contributed by atoms with Crippen molar-refractivity contribution >= 4 is 5.91 Å². The molecular formula is C13H22N4O2. The Hall–Kier alpha value is -1.43. The predicted molar refractivity (Wildman–Crippen MR) is 70.1 cm³/mol. The van der Waals surface area contributed by atoms with Crippen LogP contribution in [0.25, 0.3) is 0 Å². The van der Waals surface area contributed by atoms with Gasteiger partial charge in [-0.1, -0.05) is 18.5 Å². The number of carbonyl (C=O) groups excluding carboxylic acids is 1. The van der Waals surface area contributed by atoms with E-state index in [-0.39, 0.29) is 11.8 Å². The number of rotatable bonds is 6. The Balaban J connectivity index is 1.86. The van der Waals surface area contributed by atoms with E-state index in [0.29, 0.717) is 19.0 Å². The van der Waals surface area contributed by atoms with Gasteiger partial charge in [0.05, 0.1) is 12.5 Å². The summed E-state index contributed by atoms with van der Waals surface area (Å²) >= 11 is 0. The molecule has 0 radical (unpaired) electrons. The molecule has 1 unspecified atom stereocenters. The Morgan fingerprint density at radius 1 is 1.58 bits per heavy atom. The van der Waals surface area contributed by atoms with Crippen molar-refractivity contribution in [3.8, 4) is 0 Å². The van der Waals surface area contributed by atoms with E-state index >= 15 is 0 Å². The third-order valence-corrected chi connectivity index (χ3v) is 3.53. The van der Waals surface area contributed by atoms with Crippen molar-refractivity contribution in [2.75, 3.05) is 13.1 Å². The van der Waals surface area contributed by atoms with Crippen LogP contribution in [-0.4, -0.2) is 34.0 Å². The number of carbonyl (C=O) groups is 1. The minimum atomic E-state index is -0.209. The largest absolute Gasteiger partial charge is 0.369 e. The summed E-state index contributed by atoms with van der Waals surface area (Å²) in [6, 6.07) is 0. The molecule has 0 aliphatic carbocycles. The Labute approximate surface area is 113 Å². The van der Waals surface area contributed by atoms with Crippen LogP contribution in [0.1, 0.15) is 44.3 Å². The first-order valence-corrected chi connectivity index (χ1v) is 7.02. The summed E-state index contributed by atoms with van der Waals surface area (Å²) in [5, 5.41) is 3.97. The zero-order valence-electron chi connectivity index (χ0n) is 11.5. The molecule has 6 nitrogen and oxygen atoms in total. The Morgan fingerprint density at radius 3 is 3.16 bits per heavy atom. The van der Waals surface area contributed by atoms with E-state index in [1.807, 2.05) is 0 Å². The van der Waals surface area contributed by atoms with E-state index in [1.54, 1.807) is 0 Å². The number of hydrogen-bond acceptors (Lipinski definition) is 5. The lowest BCUT2D eigenvalue weighted by Gasteiger charge is -2.29. The first-order chi connectivity index (χ1) is 9.19. The number of primary amides is 1. The van der Waals surface area contributed by atoms with E-state index in [2.05, 4.69) is 22.0 Å². The zero-order chi connectivity index (χ0) is 13.7. The average Bonchev–Trinajstić information content (AvgIpc) is 2.84. The fourth-order valence-corrected chi connectivity index (χ4v) is 2.41. The van der Waals surface area contributed by atoms with Crippen LogP contribution in [0.4, 0.5) is 0 Å². The highest BCUT2D eigenvalue weighted by atomic mass is 16.5. The van der Waals surface area contributed by atoms with Crippen LogP contribution in [0.2, 0.25) is 0 Å². The van der Waals surface area contributed by atoms with Crippen molar-refractivity contribution in [3.63, 3.8) is 0 Å². The molecule has 1 aliphatic heterocycles. The normalized spacial score (nSPS) is 20.6. The van der Waals surface area contributed by atoms with Gasteiger partial charge in [0.25, 0.3) is 0 Å². The van der Waals surface area contributed by atoms with E-state index in [4.69, 9.17) is 10.3 Å². The quantitative estimate of drug-likeness (QED) is 0.833. The highest BCUT2D eigenvalue weighted by Crippen LogP contribution is 2.17. The average molecular weight is 266 g/mol. The summed E-state index contributed by atoms with van der Waals surface area (Å²) in [6.45, 7) is 4.40. The molecule has 19 heavy (non-hydrogen) atoms. The first kappa shape index (κ1) is 14.0. The Kier molecular flexibility index (Phi) is 4.90. The molecular weight excluding hydrogens is 244 g/mol. The van der Waals surface area contributed by atoms with Gasteiger partial charge in [0.15, 0.2) is 5.82 Å². The minimum Gasteiger partial charge on any atom is -0.369 e. The van der Waals surface area contributed by atoms with Gasteiger partial charge in [-0.3, -0.25) is 9.69 Å². The minimum absolute atomic E-state index is 0.0452. The third kappa shape index (κ3) is 4.02. The standard InChI is InChI=1S/C13H22N4O2/c1-2-3-6-11-15-12(19-16-11)9-17-7-4-5-10(8-17)13(14)18/h10H,2-9H2,1H3,(H2,14,18). The van der Waals surface area contributed by atoms with Crippen molar-refractivity contribution in [1.29, 1.82) is 0 Å². The van der Waals surface area contributed by atoms with Crippen molar-refractivity contribution in [2.45, 2.75) is 45.6 Å². The molecule has 1 fully saturated rings. The van der Waals surface area contributed by atoms with Crippen molar-refractivity contribution in [1.82, 2.24) is 15.0 Å². The SMILES string of the molecule is CCCCc1noc(CN2CCCC(C(N)=O)C2)n1. The number of nitrogens with zero attached hydrogens (tertiary/aromatic N) is 3. The Morgan fingerprint density at radius 2 is 2.42 bits per heavy atom. The maximum atomic E-state index is 11.2. The molecule has 1 amide bonds. The Bertz CT molecular complexity index is 419. The van der Waals surface area contributed by atoms with Gasteiger partial charge in [0.2, 0.25) is 11.8 Å². The van der Waals surface area contributed by atoms with Gasteiger partial charge < -0.3 is 10.3 Å². The van der Waals surface area contributed by atoms with Gasteiger partial charge in [-0.15, -0.1) is 0 Å². The van der Waals surface area contributed by atoms with Crippen LogP contribution in [0, 0.1) is 5.92 Å². The summed E-state index contributed by atoms with van der Waals surface area (Å²) in [4.78, 5) is 17.8. The molecule has 2 rings (SSSR count). The number of piperidine rings is 1. The van der Waals surface area contributed by atoms with E-state index < -0.39 is 0 Å². The van der Waals surface area contributed by atoms with Crippen LogP contribution in [-0.2, 0) is 17.8 Å². The number of aromatic nitrogens is 2. The summed E-state index contributed by atoms with van der Waals surface area (Å²) in [6.07, 6.45) is 4.94. The molecule has 2 N–H and O–H groups in total. The van der Waals surface area contributed by atoms with Crippen LogP contribution in [0.5, 0.6) is 0 Å². The number of nitrogens with two attached hydrogens (primary N) is 1. The second-order valence-corrected chi connectivity index (χ2v) is 5.18. The highest BCUT2D eigenvalue weighted by Gasteiger charge is 2.25. The smallest absolute Gasteiger partial charge is 0.240 e. The molecule has 0 aromatic carbocycles. The molecule has 106 valence electrons. The third-order valence-electron chi connectivity index (χ3n) is 3.53. The molecule has 6 heteroatoms. The number of hydrogen-bond donors (Lipinski definition) is 1. The number of amides is 1. The summed E-state index contributed by atoms with van der Waals surface area (Å²) in [7, 11) is 0. The number of unbranched alkanes of at least 4 members (excludes halogenated alkanes) is 1. The maximum absolute atomic E-state index is 11.2. The lowest BCUT2D eigenvalue weighted by atomic mass is 9.97. The van der Waals surface area contributed by atoms with E-state index in [1.165, 1.54) is 0 Å². The van der Waals surface area contributed by atoms with E-state index in [9.17, 15) is 4.79 Å². The van der Waals surface area contributed by atoms with Crippen molar-refractivity contribution < 1.29 is 9.32 Å². The maximum Gasteiger partial charge on any atom is 0.240 e. The van der Waals surface area contributed by atoms with Crippen molar-refractivity contribution in [3.05, 3.63) is 11.7 Å². The van der Waals surface area contributed by atoms with Gasteiger partial charge in [-0.05, 0) is 25.8 Å². The summed E-state index contributed by atoms with van der Waals surface area (Å²) in [5.41, 5.74) is 5.36. The van der Waals surface area contributed by atoms with Gasteiger partial charge in [-0.25, -0.2) is 0 Å². The molecule has 1 atom stereocenters. The van der Waals surface area contributed by atoms with Crippen LogP contribution >= 0.6 is 0 Å². The second kappa shape index (κ2) is 6.65. The van der Waals surface area contributed by atoms with Gasteiger partial charge in [0.1, 0.15) is 0 Å². The number of likely N-dealkylation sites (tertiary alicyclic amines) is 1. The molecule has 0 bridgehead atoms. The molecule has 1 saturated heterocycles. The monoisotopic (exact) mass is 266 g/mol. The fourth-order valence-electron chi connectivity index (χ4n) is 2.41. The van der Waals surface area contributed by atoms with Crippen molar-refractivity contribution in [2.24, 2.45) is 11.7 Å². The van der Waals surface area contributed by atoms with Crippen LogP contribution < -0.4 is 5.73 Å². The predicted octanol–water partition coefficient (Wildman–Crippen LogP) is 1.11. The summed E-state index contributed by atoms with van der Waals surface area (Å²) < 4.78 is 5.24. The first-order valence-electron chi connectivity index (χ1n) is 7.02. The summed E-state index contributed by atoms with van der Waals surface area (Å²) in [5.74, 6) is 1.16. The molecule has 2 heterocycles. The van der Waals surface area contributed by atoms with E-state index in [0.717, 1.165) is 44.5 Å². The lowest BCUT2D eigenvalue weighted by Crippen LogP contribution is -2.40. The highest BCUT2D eigenvalue weighted by molar-refractivity contribution is 5.76. The molecule has 1 aliphatic rings. The second-order valence-electron chi connectivity index (χ2n) is 5.18. The topological polar surface area (TPSA) is 85.3 Å². The fraction of sp³-hybridized carbons (Fsp3) is 0.769.